The van der Waals surface area contributed by atoms with Gasteiger partial charge in [0.2, 0.25) is 5.91 Å². The standard InChI is InChI=1S/C16H26N2O2/c1-5-16(3,4)18-15(19)12-17-9-10-20-14-8-6-7-13(2)11-14/h6-8,11,17H,5,9-10,12H2,1-4H3,(H,18,19). The van der Waals surface area contributed by atoms with Crippen molar-refractivity contribution in [3.8, 4) is 5.75 Å². The van der Waals surface area contributed by atoms with E-state index in [-0.39, 0.29) is 11.4 Å². The number of hydrogen-bond donors (Lipinski definition) is 2. The van der Waals surface area contributed by atoms with Crippen molar-refractivity contribution in [2.45, 2.75) is 39.7 Å². The van der Waals surface area contributed by atoms with Crippen LogP contribution in [0.1, 0.15) is 32.8 Å². The predicted octanol–water partition coefficient (Wildman–Crippen LogP) is 2.27. The van der Waals surface area contributed by atoms with Crippen molar-refractivity contribution < 1.29 is 9.53 Å². The fourth-order valence-corrected chi connectivity index (χ4v) is 1.66. The molecule has 1 aromatic carbocycles. The zero-order chi connectivity index (χ0) is 15.0. The van der Waals surface area contributed by atoms with Crippen LogP contribution in [-0.2, 0) is 4.79 Å². The van der Waals surface area contributed by atoms with Gasteiger partial charge in [0, 0.05) is 12.1 Å². The molecule has 0 atom stereocenters. The molecule has 0 saturated heterocycles. The maximum atomic E-state index is 11.7. The van der Waals surface area contributed by atoms with E-state index in [4.69, 9.17) is 4.74 Å². The lowest BCUT2D eigenvalue weighted by atomic mass is 10.0. The largest absolute Gasteiger partial charge is 0.492 e. The summed E-state index contributed by atoms with van der Waals surface area (Å²) >= 11 is 0. The van der Waals surface area contributed by atoms with Gasteiger partial charge in [-0.25, -0.2) is 0 Å². The Morgan fingerprint density at radius 1 is 1.35 bits per heavy atom. The quantitative estimate of drug-likeness (QED) is 0.717. The van der Waals surface area contributed by atoms with E-state index in [0.29, 0.717) is 19.7 Å². The molecular formula is C16H26N2O2. The molecular weight excluding hydrogens is 252 g/mol. The van der Waals surface area contributed by atoms with Gasteiger partial charge in [0.05, 0.1) is 6.54 Å². The van der Waals surface area contributed by atoms with Crippen LogP contribution < -0.4 is 15.4 Å². The Morgan fingerprint density at radius 2 is 2.10 bits per heavy atom. The van der Waals surface area contributed by atoms with Crippen molar-refractivity contribution >= 4 is 5.91 Å². The van der Waals surface area contributed by atoms with Crippen molar-refractivity contribution in [3.05, 3.63) is 29.8 Å². The summed E-state index contributed by atoms with van der Waals surface area (Å²) in [5.74, 6) is 0.885. The van der Waals surface area contributed by atoms with Crippen LogP contribution in [0.3, 0.4) is 0 Å². The normalized spacial score (nSPS) is 11.2. The van der Waals surface area contributed by atoms with E-state index in [2.05, 4.69) is 17.6 Å². The van der Waals surface area contributed by atoms with Gasteiger partial charge in [-0.2, -0.15) is 0 Å². The Labute approximate surface area is 121 Å². The smallest absolute Gasteiger partial charge is 0.234 e. The number of hydrogen-bond acceptors (Lipinski definition) is 3. The van der Waals surface area contributed by atoms with Gasteiger partial charge in [-0.1, -0.05) is 19.1 Å². The van der Waals surface area contributed by atoms with Crippen LogP contribution in [-0.4, -0.2) is 31.1 Å². The third kappa shape index (κ3) is 6.57. The van der Waals surface area contributed by atoms with E-state index in [0.717, 1.165) is 12.2 Å². The average molecular weight is 278 g/mol. The Hall–Kier alpha value is -1.55. The van der Waals surface area contributed by atoms with Gasteiger partial charge in [0.1, 0.15) is 12.4 Å². The molecule has 4 heteroatoms. The second-order valence-corrected chi connectivity index (χ2v) is 5.63. The first-order valence-electron chi connectivity index (χ1n) is 7.14. The molecule has 4 nitrogen and oxygen atoms in total. The molecule has 1 aromatic rings. The number of benzene rings is 1. The van der Waals surface area contributed by atoms with E-state index < -0.39 is 0 Å². The number of rotatable bonds is 8. The van der Waals surface area contributed by atoms with E-state index in [1.807, 2.05) is 45.0 Å². The molecule has 0 fully saturated rings. The maximum Gasteiger partial charge on any atom is 0.234 e. The van der Waals surface area contributed by atoms with Crippen LogP contribution in [0.25, 0.3) is 0 Å². The van der Waals surface area contributed by atoms with Crippen LogP contribution in [0, 0.1) is 6.92 Å². The number of ether oxygens (including phenoxy) is 1. The van der Waals surface area contributed by atoms with E-state index in [1.54, 1.807) is 0 Å². The average Bonchev–Trinajstić information content (AvgIpc) is 2.38. The number of amides is 1. The number of nitrogens with one attached hydrogen (secondary N) is 2. The molecule has 112 valence electrons. The highest BCUT2D eigenvalue weighted by Crippen LogP contribution is 2.11. The molecule has 0 aromatic heterocycles. The summed E-state index contributed by atoms with van der Waals surface area (Å²) in [6.45, 7) is 9.65. The maximum absolute atomic E-state index is 11.7. The lowest BCUT2D eigenvalue weighted by Gasteiger charge is -2.24. The van der Waals surface area contributed by atoms with E-state index in [9.17, 15) is 4.79 Å². The Balaban J connectivity index is 2.15. The topological polar surface area (TPSA) is 50.4 Å². The zero-order valence-corrected chi connectivity index (χ0v) is 13.0. The van der Waals surface area contributed by atoms with Crippen LogP contribution in [0.15, 0.2) is 24.3 Å². The highest BCUT2D eigenvalue weighted by Gasteiger charge is 2.16. The van der Waals surface area contributed by atoms with Gasteiger partial charge in [0.15, 0.2) is 0 Å². The van der Waals surface area contributed by atoms with Crippen molar-refractivity contribution in [3.63, 3.8) is 0 Å². The molecule has 1 amide bonds. The van der Waals surface area contributed by atoms with Crippen molar-refractivity contribution in [1.82, 2.24) is 10.6 Å². The fraction of sp³-hybridized carbons (Fsp3) is 0.562. The molecule has 0 aliphatic carbocycles. The van der Waals surface area contributed by atoms with Gasteiger partial charge in [-0.3, -0.25) is 4.79 Å². The van der Waals surface area contributed by atoms with E-state index in [1.165, 1.54) is 5.56 Å². The Bertz CT molecular complexity index is 430. The molecule has 20 heavy (non-hydrogen) atoms. The molecule has 0 aliphatic heterocycles. The molecule has 0 heterocycles. The highest BCUT2D eigenvalue weighted by molar-refractivity contribution is 5.78. The first-order chi connectivity index (χ1) is 9.43. The summed E-state index contributed by atoms with van der Waals surface area (Å²) in [5, 5.41) is 6.06. The van der Waals surface area contributed by atoms with Crippen molar-refractivity contribution in [1.29, 1.82) is 0 Å². The Kier molecular flexibility index (Phi) is 6.52. The van der Waals surface area contributed by atoms with Crippen molar-refractivity contribution in [2.75, 3.05) is 19.7 Å². The number of carbonyl (C=O) groups excluding carboxylic acids is 1. The molecule has 0 aliphatic rings. The fourth-order valence-electron chi connectivity index (χ4n) is 1.66. The summed E-state index contributed by atoms with van der Waals surface area (Å²) < 4.78 is 5.60. The highest BCUT2D eigenvalue weighted by atomic mass is 16.5. The molecule has 0 radical (unpaired) electrons. The third-order valence-corrected chi connectivity index (χ3v) is 3.18. The molecule has 1 rings (SSSR count). The van der Waals surface area contributed by atoms with Gasteiger partial charge in [0.25, 0.3) is 0 Å². The number of aryl methyl sites for hydroxylation is 1. The van der Waals surface area contributed by atoms with Crippen LogP contribution in [0.4, 0.5) is 0 Å². The second kappa shape index (κ2) is 7.90. The predicted molar refractivity (Wildman–Crippen MR) is 82.1 cm³/mol. The van der Waals surface area contributed by atoms with Gasteiger partial charge < -0.3 is 15.4 Å². The first kappa shape index (κ1) is 16.5. The van der Waals surface area contributed by atoms with Crippen LogP contribution in [0.2, 0.25) is 0 Å². The minimum Gasteiger partial charge on any atom is -0.492 e. The van der Waals surface area contributed by atoms with Crippen LogP contribution >= 0.6 is 0 Å². The summed E-state index contributed by atoms with van der Waals surface area (Å²) in [7, 11) is 0. The lowest BCUT2D eigenvalue weighted by Crippen LogP contribution is -2.46. The molecule has 0 saturated carbocycles. The minimum absolute atomic E-state index is 0.0207. The molecule has 0 bridgehead atoms. The van der Waals surface area contributed by atoms with Crippen molar-refractivity contribution in [2.24, 2.45) is 0 Å². The molecule has 2 N–H and O–H groups in total. The van der Waals surface area contributed by atoms with Gasteiger partial charge in [-0.05, 0) is 44.9 Å². The summed E-state index contributed by atoms with van der Waals surface area (Å²) in [4.78, 5) is 11.7. The van der Waals surface area contributed by atoms with E-state index >= 15 is 0 Å². The first-order valence-corrected chi connectivity index (χ1v) is 7.14. The summed E-state index contributed by atoms with van der Waals surface area (Å²) in [6, 6.07) is 7.93. The lowest BCUT2D eigenvalue weighted by molar-refractivity contribution is -0.121. The third-order valence-electron chi connectivity index (χ3n) is 3.18. The summed E-state index contributed by atoms with van der Waals surface area (Å²) in [5.41, 5.74) is 1.04. The van der Waals surface area contributed by atoms with Gasteiger partial charge >= 0.3 is 0 Å². The summed E-state index contributed by atoms with van der Waals surface area (Å²) in [6.07, 6.45) is 0.912. The zero-order valence-electron chi connectivity index (χ0n) is 13.0. The SMILES string of the molecule is CCC(C)(C)NC(=O)CNCCOc1cccc(C)c1. The minimum atomic E-state index is -0.142. The molecule has 0 unspecified atom stereocenters. The van der Waals surface area contributed by atoms with Gasteiger partial charge in [-0.15, -0.1) is 0 Å². The molecule has 0 spiro atoms. The number of carbonyl (C=O) groups is 1. The van der Waals surface area contributed by atoms with Crippen LogP contribution in [0.5, 0.6) is 5.75 Å². The monoisotopic (exact) mass is 278 g/mol. The second-order valence-electron chi connectivity index (χ2n) is 5.63. The Morgan fingerprint density at radius 3 is 2.75 bits per heavy atom.